The molecular weight excluding hydrogens is 402 g/mol. The second-order valence-electron chi connectivity index (χ2n) is 6.61. The molecule has 0 aliphatic rings. The van der Waals surface area contributed by atoms with E-state index in [9.17, 15) is 14.4 Å². The minimum atomic E-state index is -0.752. The van der Waals surface area contributed by atoms with Gasteiger partial charge < -0.3 is 23.9 Å². The molecular formula is C23H23NO7. The fourth-order valence-electron chi connectivity index (χ4n) is 2.83. The van der Waals surface area contributed by atoms with Gasteiger partial charge in [0.05, 0.1) is 13.7 Å². The lowest BCUT2D eigenvalue weighted by atomic mass is 10.1. The molecule has 0 bridgehead atoms. The second kappa shape index (κ2) is 10.3. The number of fused-ring (bicyclic) bond motifs is 1. The van der Waals surface area contributed by atoms with Crippen molar-refractivity contribution >= 4 is 22.8 Å². The Balaban J connectivity index is 1.54. The summed E-state index contributed by atoms with van der Waals surface area (Å²) in [5.74, 6) is 0.750. The lowest BCUT2D eigenvalue weighted by Gasteiger charge is -2.08. The maximum atomic E-state index is 12.1. The van der Waals surface area contributed by atoms with Crippen molar-refractivity contribution in [2.24, 2.45) is 0 Å². The Kier molecular flexibility index (Phi) is 7.26. The smallest absolute Gasteiger partial charge is 0.349 e. The molecule has 162 valence electrons. The third-order valence-corrected chi connectivity index (χ3v) is 4.37. The third-order valence-electron chi connectivity index (χ3n) is 4.37. The summed E-state index contributed by atoms with van der Waals surface area (Å²) < 4.78 is 21.2. The number of carbonyl (C=O) groups excluding carboxylic acids is 2. The molecule has 0 aliphatic heterocycles. The van der Waals surface area contributed by atoms with Crippen LogP contribution in [0, 0.1) is 0 Å². The molecule has 0 fully saturated rings. The van der Waals surface area contributed by atoms with Gasteiger partial charge in [0.2, 0.25) is 0 Å². The SMILES string of the molecule is CCNC(=O)c1cc2ccc(OC(=O)CCCOc3ccc(OC)cc3)cc2oc1=O. The molecule has 1 N–H and O–H groups in total. The molecule has 1 aromatic heterocycles. The summed E-state index contributed by atoms with van der Waals surface area (Å²) in [7, 11) is 1.59. The molecule has 1 heterocycles. The lowest BCUT2D eigenvalue weighted by molar-refractivity contribution is -0.134. The summed E-state index contributed by atoms with van der Waals surface area (Å²) in [5.41, 5.74) is -0.597. The van der Waals surface area contributed by atoms with E-state index in [0.717, 1.165) is 5.75 Å². The molecule has 3 aromatic rings. The van der Waals surface area contributed by atoms with Crippen LogP contribution in [0.5, 0.6) is 17.2 Å². The first-order valence-corrected chi connectivity index (χ1v) is 9.84. The standard InChI is InChI=1S/C23H23NO7/c1-3-24-22(26)19-13-15-6-7-18(14-20(15)31-23(19)27)30-21(25)5-4-12-29-17-10-8-16(28-2)9-11-17/h6-11,13-14H,3-5,12H2,1-2H3,(H,24,26). The number of methoxy groups -OCH3 is 1. The summed E-state index contributed by atoms with van der Waals surface area (Å²) in [6.07, 6.45) is 0.637. The summed E-state index contributed by atoms with van der Waals surface area (Å²) >= 11 is 0. The van der Waals surface area contributed by atoms with Crippen molar-refractivity contribution in [3.05, 3.63) is 64.5 Å². The normalized spacial score (nSPS) is 10.5. The molecule has 8 nitrogen and oxygen atoms in total. The molecule has 0 atom stereocenters. The van der Waals surface area contributed by atoms with Gasteiger partial charge in [-0.05, 0) is 55.8 Å². The summed E-state index contributed by atoms with van der Waals surface area (Å²) in [6, 6.07) is 13.3. The van der Waals surface area contributed by atoms with Crippen LogP contribution >= 0.6 is 0 Å². The van der Waals surface area contributed by atoms with Gasteiger partial charge in [0, 0.05) is 24.4 Å². The van der Waals surface area contributed by atoms with E-state index in [0.29, 0.717) is 30.7 Å². The van der Waals surface area contributed by atoms with Gasteiger partial charge >= 0.3 is 11.6 Å². The number of nitrogens with one attached hydrogen (secondary N) is 1. The monoisotopic (exact) mass is 425 g/mol. The average Bonchev–Trinajstić information content (AvgIpc) is 2.76. The molecule has 2 aromatic carbocycles. The van der Waals surface area contributed by atoms with Crippen molar-refractivity contribution in [2.45, 2.75) is 19.8 Å². The highest BCUT2D eigenvalue weighted by atomic mass is 16.5. The predicted octanol–water partition coefficient (Wildman–Crippen LogP) is 3.32. The van der Waals surface area contributed by atoms with E-state index in [4.69, 9.17) is 18.6 Å². The van der Waals surface area contributed by atoms with Crippen molar-refractivity contribution in [3.8, 4) is 17.2 Å². The van der Waals surface area contributed by atoms with Crippen molar-refractivity contribution in [1.29, 1.82) is 0 Å². The van der Waals surface area contributed by atoms with Crippen LogP contribution in [0.15, 0.2) is 57.7 Å². The molecule has 31 heavy (non-hydrogen) atoms. The third kappa shape index (κ3) is 5.85. The van der Waals surface area contributed by atoms with Crippen LogP contribution < -0.4 is 25.2 Å². The molecule has 0 spiro atoms. The van der Waals surface area contributed by atoms with E-state index in [1.165, 1.54) is 12.1 Å². The largest absolute Gasteiger partial charge is 0.497 e. The van der Waals surface area contributed by atoms with Gasteiger partial charge in [-0.1, -0.05) is 0 Å². The predicted molar refractivity (Wildman–Crippen MR) is 114 cm³/mol. The topological polar surface area (TPSA) is 104 Å². The van der Waals surface area contributed by atoms with Crippen LogP contribution in [0.25, 0.3) is 11.0 Å². The number of carbonyl (C=O) groups is 2. The fourth-order valence-corrected chi connectivity index (χ4v) is 2.83. The van der Waals surface area contributed by atoms with E-state index in [2.05, 4.69) is 5.32 Å². The number of hydrogen-bond donors (Lipinski definition) is 1. The molecule has 1 amide bonds. The Morgan fingerprint density at radius 3 is 2.42 bits per heavy atom. The number of amides is 1. The molecule has 0 saturated heterocycles. The first kappa shape index (κ1) is 21.9. The summed E-state index contributed by atoms with van der Waals surface area (Å²) in [6.45, 7) is 2.51. The van der Waals surface area contributed by atoms with Gasteiger partial charge in [0.25, 0.3) is 5.91 Å². The first-order chi connectivity index (χ1) is 15.0. The Hall–Kier alpha value is -3.81. The minimum Gasteiger partial charge on any atom is -0.497 e. The van der Waals surface area contributed by atoms with Crippen molar-refractivity contribution in [1.82, 2.24) is 5.32 Å². The summed E-state index contributed by atoms with van der Waals surface area (Å²) in [4.78, 5) is 36.1. The molecule has 3 rings (SSSR count). The minimum absolute atomic E-state index is 0.0732. The van der Waals surface area contributed by atoms with Gasteiger partial charge in [0.1, 0.15) is 28.4 Å². The highest BCUT2D eigenvalue weighted by Crippen LogP contribution is 2.21. The van der Waals surface area contributed by atoms with Crippen LogP contribution in [0.4, 0.5) is 0 Å². The zero-order valence-corrected chi connectivity index (χ0v) is 17.3. The number of rotatable bonds is 9. The molecule has 0 unspecified atom stereocenters. The Bertz CT molecular complexity index is 1120. The number of hydrogen-bond acceptors (Lipinski definition) is 7. The molecule has 0 radical (unpaired) electrons. The van der Waals surface area contributed by atoms with Gasteiger partial charge in [-0.25, -0.2) is 4.79 Å². The van der Waals surface area contributed by atoms with Crippen LogP contribution in [0.2, 0.25) is 0 Å². The van der Waals surface area contributed by atoms with E-state index in [1.54, 1.807) is 50.4 Å². The maximum absolute atomic E-state index is 12.1. The Morgan fingerprint density at radius 2 is 1.71 bits per heavy atom. The number of benzene rings is 2. The van der Waals surface area contributed by atoms with Gasteiger partial charge in [-0.3, -0.25) is 9.59 Å². The zero-order valence-electron chi connectivity index (χ0n) is 17.3. The van der Waals surface area contributed by atoms with Gasteiger partial charge in [-0.15, -0.1) is 0 Å². The lowest BCUT2D eigenvalue weighted by Crippen LogP contribution is -2.27. The van der Waals surface area contributed by atoms with Gasteiger partial charge in [-0.2, -0.15) is 0 Å². The highest BCUT2D eigenvalue weighted by Gasteiger charge is 2.14. The van der Waals surface area contributed by atoms with Crippen LogP contribution in [0.1, 0.15) is 30.1 Å². The number of esters is 1. The van der Waals surface area contributed by atoms with Crippen LogP contribution in [0.3, 0.4) is 0 Å². The van der Waals surface area contributed by atoms with E-state index >= 15 is 0 Å². The van der Waals surface area contributed by atoms with E-state index < -0.39 is 17.5 Å². The average molecular weight is 425 g/mol. The second-order valence-corrected chi connectivity index (χ2v) is 6.61. The Labute approximate surface area is 178 Å². The molecule has 0 saturated carbocycles. The van der Waals surface area contributed by atoms with Crippen LogP contribution in [-0.2, 0) is 4.79 Å². The fraction of sp³-hybridized carbons (Fsp3) is 0.261. The zero-order chi connectivity index (χ0) is 22.2. The van der Waals surface area contributed by atoms with Crippen molar-refractivity contribution in [3.63, 3.8) is 0 Å². The number of ether oxygens (including phenoxy) is 3. The quantitative estimate of drug-likeness (QED) is 0.243. The molecule has 0 aliphatic carbocycles. The first-order valence-electron chi connectivity index (χ1n) is 9.84. The summed E-state index contributed by atoms with van der Waals surface area (Å²) in [5, 5.41) is 3.11. The van der Waals surface area contributed by atoms with Crippen molar-refractivity contribution < 1.29 is 28.2 Å². The van der Waals surface area contributed by atoms with Gasteiger partial charge in [0.15, 0.2) is 0 Å². The Morgan fingerprint density at radius 1 is 1.00 bits per heavy atom. The highest BCUT2D eigenvalue weighted by molar-refractivity contribution is 5.96. The van der Waals surface area contributed by atoms with Crippen LogP contribution in [-0.4, -0.2) is 32.1 Å². The van der Waals surface area contributed by atoms with E-state index in [-0.39, 0.29) is 23.3 Å². The molecule has 8 heteroatoms. The maximum Gasteiger partial charge on any atom is 0.349 e. The van der Waals surface area contributed by atoms with E-state index in [1.807, 2.05) is 0 Å². The van der Waals surface area contributed by atoms with Crippen molar-refractivity contribution in [2.75, 3.05) is 20.3 Å².